The minimum atomic E-state index is 0.0446. The SMILES string of the molecule is Cc1cccn(-c2ccc3nc([C@H]4C[C@H](N5CCC[C@@H]5C)C4)sc3c2)c1=O. The molecule has 27 heavy (non-hydrogen) atoms. The van der Waals surface area contributed by atoms with Gasteiger partial charge in [0, 0.05) is 29.8 Å². The lowest BCUT2D eigenvalue weighted by Gasteiger charge is -2.42. The van der Waals surface area contributed by atoms with Gasteiger partial charge in [-0.3, -0.25) is 14.3 Å². The maximum atomic E-state index is 12.4. The smallest absolute Gasteiger partial charge is 0.257 e. The summed E-state index contributed by atoms with van der Waals surface area (Å²) >= 11 is 1.80. The summed E-state index contributed by atoms with van der Waals surface area (Å²) in [5.74, 6) is 0.602. The van der Waals surface area contributed by atoms with E-state index >= 15 is 0 Å². The second-order valence-corrected chi connectivity index (χ2v) is 9.18. The van der Waals surface area contributed by atoms with E-state index in [1.54, 1.807) is 15.9 Å². The summed E-state index contributed by atoms with van der Waals surface area (Å²) in [5.41, 5.74) is 2.78. The summed E-state index contributed by atoms with van der Waals surface area (Å²) in [5, 5.41) is 1.27. The molecule has 3 aromatic rings. The summed E-state index contributed by atoms with van der Waals surface area (Å²) in [7, 11) is 0. The molecule has 1 aliphatic heterocycles. The van der Waals surface area contributed by atoms with Gasteiger partial charge in [-0.05, 0) is 70.3 Å². The van der Waals surface area contributed by atoms with E-state index in [-0.39, 0.29) is 5.56 Å². The van der Waals surface area contributed by atoms with Gasteiger partial charge in [0.1, 0.15) is 0 Å². The number of hydrogen-bond donors (Lipinski definition) is 0. The van der Waals surface area contributed by atoms with E-state index in [0.29, 0.717) is 5.92 Å². The van der Waals surface area contributed by atoms with Crippen LogP contribution in [-0.4, -0.2) is 33.1 Å². The van der Waals surface area contributed by atoms with Gasteiger partial charge in [-0.25, -0.2) is 4.98 Å². The maximum Gasteiger partial charge on any atom is 0.257 e. The Morgan fingerprint density at radius 2 is 2.07 bits per heavy atom. The highest BCUT2D eigenvalue weighted by atomic mass is 32.1. The zero-order valence-electron chi connectivity index (χ0n) is 15.9. The van der Waals surface area contributed by atoms with Crippen molar-refractivity contribution in [2.24, 2.45) is 0 Å². The minimum absolute atomic E-state index is 0.0446. The number of nitrogens with zero attached hydrogens (tertiary/aromatic N) is 3. The number of aromatic nitrogens is 2. The number of benzene rings is 1. The summed E-state index contributed by atoms with van der Waals surface area (Å²) in [4.78, 5) is 20.0. The van der Waals surface area contributed by atoms with Crippen molar-refractivity contribution in [2.45, 2.75) is 57.5 Å². The maximum absolute atomic E-state index is 12.4. The van der Waals surface area contributed by atoms with Crippen LogP contribution >= 0.6 is 11.3 Å². The van der Waals surface area contributed by atoms with Crippen molar-refractivity contribution < 1.29 is 0 Å². The molecule has 2 aromatic heterocycles. The van der Waals surface area contributed by atoms with Crippen molar-refractivity contribution in [3.8, 4) is 5.69 Å². The predicted molar refractivity (Wildman–Crippen MR) is 111 cm³/mol. The first-order chi connectivity index (χ1) is 13.1. The van der Waals surface area contributed by atoms with Gasteiger partial charge in [0.25, 0.3) is 5.56 Å². The van der Waals surface area contributed by atoms with E-state index in [0.717, 1.165) is 28.9 Å². The first-order valence-corrected chi connectivity index (χ1v) is 10.8. The molecule has 1 atom stereocenters. The van der Waals surface area contributed by atoms with Gasteiger partial charge >= 0.3 is 0 Å². The Balaban J connectivity index is 1.39. The lowest BCUT2D eigenvalue weighted by Crippen LogP contribution is -2.45. The molecule has 0 unspecified atom stereocenters. The number of pyridine rings is 1. The van der Waals surface area contributed by atoms with Crippen molar-refractivity contribution >= 4 is 21.6 Å². The molecule has 3 heterocycles. The Morgan fingerprint density at radius 1 is 1.22 bits per heavy atom. The van der Waals surface area contributed by atoms with Crippen LogP contribution < -0.4 is 5.56 Å². The van der Waals surface area contributed by atoms with E-state index in [1.165, 1.54) is 41.9 Å². The molecule has 0 radical (unpaired) electrons. The van der Waals surface area contributed by atoms with E-state index in [9.17, 15) is 4.79 Å². The van der Waals surface area contributed by atoms with Gasteiger partial charge in [0.15, 0.2) is 0 Å². The fourth-order valence-corrected chi connectivity index (χ4v) is 5.75. The lowest BCUT2D eigenvalue weighted by atomic mass is 9.79. The normalized spacial score (nSPS) is 25.8. The number of fused-ring (bicyclic) bond motifs is 1. The van der Waals surface area contributed by atoms with Crippen LogP contribution in [0.5, 0.6) is 0 Å². The zero-order valence-corrected chi connectivity index (χ0v) is 16.7. The average Bonchev–Trinajstić information content (AvgIpc) is 3.22. The highest BCUT2D eigenvalue weighted by Gasteiger charge is 2.39. The number of hydrogen-bond acceptors (Lipinski definition) is 4. The molecule has 1 saturated heterocycles. The second kappa shape index (κ2) is 6.57. The number of likely N-dealkylation sites (tertiary alicyclic amines) is 1. The monoisotopic (exact) mass is 379 g/mol. The second-order valence-electron chi connectivity index (χ2n) is 8.12. The highest BCUT2D eigenvalue weighted by Crippen LogP contribution is 2.44. The van der Waals surface area contributed by atoms with Crippen molar-refractivity contribution in [2.75, 3.05) is 6.54 Å². The molecular weight excluding hydrogens is 354 g/mol. The summed E-state index contributed by atoms with van der Waals surface area (Å²) in [6, 6.07) is 11.4. The Labute approximate surface area is 163 Å². The van der Waals surface area contributed by atoms with Crippen LogP contribution in [0, 0.1) is 6.92 Å². The van der Waals surface area contributed by atoms with E-state index in [2.05, 4.69) is 24.0 Å². The van der Waals surface area contributed by atoms with Gasteiger partial charge in [-0.15, -0.1) is 11.3 Å². The molecule has 1 aliphatic carbocycles. The van der Waals surface area contributed by atoms with Crippen molar-refractivity contribution in [1.82, 2.24) is 14.5 Å². The van der Waals surface area contributed by atoms with Crippen LogP contribution in [0.1, 0.15) is 49.1 Å². The number of rotatable bonds is 3. The third kappa shape index (κ3) is 2.93. The van der Waals surface area contributed by atoms with Gasteiger partial charge < -0.3 is 0 Å². The summed E-state index contributed by atoms with van der Waals surface area (Å²) < 4.78 is 2.90. The summed E-state index contributed by atoms with van der Waals surface area (Å²) in [6.07, 6.45) is 7.03. The van der Waals surface area contributed by atoms with Crippen molar-refractivity contribution in [3.63, 3.8) is 0 Å². The summed E-state index contributed by atoms with van der Waals surface area (Å²) in [6.45, 7) is 5.50. The molecule has 0 N–H and O–H groups in total. The van der Waals surface area contributed by atoms with Crippen LogP contribution in [-0.2, 0) is 0 Å². The first kappa shape index (κ1) is 17.1. The fraction of sp³-hybridized carbons (Fsp3) is 0.455. The molecule has 0 spiro atoms. The molecule has 4 nitrogen and oxygen atoms in total. The molecule has 5 rings (SSSR count). The van der Waals surface area contributed by atoms with E-state index in [4.69, 9.17) is 4.98 Å². The third-order valence-corrected chi connectivity index (χ3v) is 7.52. The number of aryl methyl sites for hydroxylation is 1. The molecule has 0 amide bonds. The van der Waals surface area contributed by atoms with Crippen molar-refractivity contribution in [3.05, 3.63) is 57.5 Å². The quantitative estimate of drug-likeness (QED) is 0.673. The molecule has 1 saturated carbocycles. The molecule has 0 bridgehead atoms. The molecule has 140 valence electrons. The molecule has 2 aliphatic rings. The topological polar surface area (TPSA) is 38.1 Å². The molecular formula is C22H25N3OS. The van der Waals surface area contributed by atoms with Crippen LogP contribution in [0.2, 0.25) is 0 Å². The molecule has 5 heteroatoms. The lowest BCUT2D eigenvalue weighted by molar-refractivity contribution is 0.103. The van der Waals surface area contributed by atoms with Crippen LogP contribution in [0.4, 0.5) is 0 Å². The van der Waals surface area contributed by atoms with Gasteiger partial charge in [0.2, 0.25) is 0 Å². The standard InChI is InChI=1S/C22H25N3OS/c1-14-5-3-10-25(22(14)26)17-7-8-19-20(13-17)27-21(23-19)16-11-18(12-16)24-9-4-6-15(24)2/h3,5,7-8,10,13,15-16,18H,4,6,9,11-12H2,1-2H3/t15-,16-,18-/m0/s1. The Bertz CT molecular complexity index is 1050. The van der Waals surface area contributed by atoms with Crippen LogP contribution in [0.15, 0.2) is 41.3 Å². The first-order valence-electron chi connectivity index (χ1n) is 9.95. The van der Waals surface area contributed by atoms with E-state index in [1.807, 2.05) is 31.3 Å². The molecule has 1 aromatic carbocycles. The highest BCUT2D eigenvalue weighted by molar-refractivity contribution is 7.18. The minimum Gasteiger partial charge on any atom is -0.298 e. The van der Waals surface area contributed by atoms with Gasteiger partial charge in [-0.2, -0.15) is 0 Å². The predicted octanol–water partition coefficient (Wildman–Crippen LogP) is 4.49. The molecule has 2 fully saturated rings. The fourth-order valence-electron chi connectivity index (χ4n) is 4.62. The Kier molecular flexibility index (Phi) is 4.17. The van der Waals surface area contributed by atoms with Gasteiger partial charge in [-0.1, -0.05) is 6.07 Å². The Morgan fingerprint density at radius 3 is 2.85 bits per heavy atom. The Hall–Kier alpha value is -1.98. The third-order valence-electron chi connectivity index (χ3n) is 6.34. The van der Waals surface area contributed by atoms with Crippen LogP contribution in [0.3, 0.4) is 0 Å². The van der Waals surface area contributed by atoms with Gasteiger partial charge in [0.05, 0.1) is 20.9 Å². The zero-order chi connectivity index (χ0) is 18.5. The van der Waals surface area contributed by atoms with E-state index < -0.39 is 0 Å². The van der Waals surface area contributed by atoms with Crippen molar-refractivity contribution in [1.29, 1.82) is 0 Å². The van der Waals surface area contributed by atoms with Crippen LogP contribution in [0.25, 0.3) is 15.9 Å². The average molecular weight is 380 g/mol. The number of thiazole rings is 1. The largest absolute Gasteiger partial charge is 0.298 e.